The Labute approximate surface area is 161 Å². The lowest BCUT2D eigenvalue weighted by Crippen LogP contribution is -2.50. The Hall–Kier alpha value is -2.82. The summed E-state index contributed by atoms with van der Waals surface area (Å²) >= 11 is 0. The van der Waals surface area contributed by atoms with Crippen molar-refractivity contribution in [3.63, 3.8) is 0 Å². The lowest BCUT2D eigenvalue weighted by molar-refractivity contribution is -0.141. The first kappa shape index (κ1) is 20.5. The molecule has 0 spiro atoms. The SMILES string of the molecule is CCNC(=O)[C@@H](C)N(CCc1ccccc1)C(=O)COc1ccccc1C. The van der Waals surface area contributed by atoms with Crippen LogP contribution in [0.15, 0.2) is 54.6 Å². The van der Waals surface area contributed by atoms with Crippen molar-refractivity contribution in [3.05, 3.63) is 65.7 Å². The van der Waals surface area contributed by atoms with Crippen LogP contribution < -0.4 is 10.1 Å². The molecule has 0 heterocycles. The van der Waals surface area contributed by atoms with Crippen molar-refractivity contribution in [2.45, 2.75) is 33.2 Å². The van der Waals surface area contributed by atoms with Gasteiger partial charge in [-0.1, -0.05) is 48.5 Å². The molecule has 2 aromatic rings. The van der Waals surface area contributed by atoms with Gasteiger partial charge in [0.15, 0.2) is 6.61 Å². The number of hydrogen-bond donors (Lipinski definition) is 1. The fourth-order valence-corrected chi connectivity index (χ4v) is 2.83. The highest BCUT2D eigenvalue weighted by atomic mass is 16.5. The highest BCUT2D eigenvalue weighted by molar-refractivity contribution is 5.87. The number of rotatable bonds is 9. The summed E-state index contributed by atoms with van der Waals surface area (Å²) in [6.45, 7) is 6.44. The Morgan fingerprint density at radius 1 is 1.07 bits per heavy atom. The summed E-state index contributed by atoms with van der Waals surface area (Å²) in [6, 6.07) is 16.9. The van der Waals surface area contributed by atoms with Crippen LogP contribution in [0.25, 0.3) is 0 Å². The van der Waals surface area contributed by atoms with E-state index in [1.165, 1.54) is 0 Å². The van der Waals surface area contributed by atoms with Gasteiger partial charge in [-0.2, -0.15) is 0 Å². The molecule has 0 saturated heterocycles. The third-order valence-corrected chi connectivity index (χ3v) is 4.45. The second-order valence-electron chi connectivity index (χ2n) is 6.45. The molecule has 0 saturated carbocycles. The highest BCUT2D eigenvalue weighted by Gasteiger charge is 2.25. The number of carbonyl (C=O) groups excluding carboxylic acids is 2. The van der Waals surface area contributed by atoms with E-state index >= 15 is 0 Å². The minimum atomic E-state index is -0.554. The number of carbonyl (C=O) groups is 2. The average molecular weight is 368 g/mol. The van der Waals surface area contributed by atoms with Gasteiger partial charge in [0.05, 0.1) is 0 Å². The molecule has 0 aromatic heterocycles. The highest BCUT2D eigenvalue weighted by Crippen LogP contribution is 2.16. The van der Waals surface area contributed by atoms with Gasteiger partial charge in [0.25, 0.3) is 5.91 Å². The van der Waals surface area contributed by atoms with Gasteiger partial charge in [-0.3, -0.25) is 9.59 Å². The van der Waals surface area contributed by atoms with Crippen LogP contribution >= 0.6 is 0 Å². The van der Waals surface area contributed by atoms with Crippen molar-refractivity contribution >= 4 is 11.8 Å². The van der Waals surface area contributed by atoms with E-state index in [0.29, 0.717) is 25.3 Å². The van der Waals surface area contributed by atoms with Gasteiger partial charge >= 0.3 is 0 Å². The van der Waals surface area contributed by atoms with Crippen molar-refractivity contribution in [1.29, 1.82) is 0 Å². The summed E-state index contributed by atoms with van der Waals surface area (Å²) in [5, 5.41) is 2.79. The molecule has 0 fully saturated rings. The fraction of sp³-hybridized carbons (Fsp3) is 0.364. The molecule has 27 heavy (non-hydrogen) atoms. The van der Waals surface area contributed by atoms with Gasteiger partial charge in [-0.25, -0.2) is 0 Å². The molecule has 0 aliphatic rings. The molecule has 0 bridgehead atoms. The van der Waals surface area contributed by atoms with Gasteiger partial charge in [0.1, 0.15) is 11.8 Å². The number of benzene rings is 2. The van der Waals surface area contributed by atoms with E-state index in [-0.39, 0.29) is 18.4 Å². The molecule has 2 aromatic carbocycles. The summed E-state index contributed by atoms with van der Waals surface area (Å²) in [5.74, 6) is 0.322. The zero-order chi connectivity index (χ0) is 19.6. The normalized spacial score (nSPS) is 11.5. The largest absolute Gasteiger partial charge is 0.484 e. The van der Waals surface area contributed by atoms with Crippen LogP contribution in [0.2, 0.25) is 0 Å². The summed E-state index contributed by atoms with van der Waals surface area (Å²) in [5.41, 5.74) is 2.09. The first-order chi connectivity index (χ1) is 13.0. The van der Waals surface area contributed by atoms with Crippen LogP contribution in [0.5, 0.6) is 5.75 Å². The number of likely N-dealkylation sites (N-methyl/N-ethyl adjacent to an activating group) is 1. The van der Waals surface area contributed by atoms with E-state index in [9.17, 15) is 9.59 Å². The number of aryl methyl sites for hydroxylation is 1. The van der Waals surface area contributed by atoms with Crippen molar-refractivity contribution in [3.8, 4) is 5.75 Å². The van der Waals surface area contributed by atoms with Crippen LogP contribution in [0.3, 0.4) is 0 Å². The van der Waals surface area contributed by atoms with Crippen LogP contribution in [-0.2, 0) is 16.0 Å². The lowest BCUT2D eigenvalue weighted by atomic mass is 10.1. The molecule has 144 valence electrons. The number of ether oxygens (including phenoxy) is 1. The quantitative estimate of drug-likeness (QED) is 0.740. The van der Waals surface area contributed by atoms with E-state index in [2.05, 4.69) is 5.32 Å². The molecule has 0 radical (unpaired) electrons. The van der Waals surface area contributed by atoms with Crippen LogP contribution in [0.4, 0.5) is 0 Å². The molecule has 0 aliphatic heterocycles. The van der Waals surface area contributed by atoms with E-state index < -0.39 is 6.04 Å². The predicted molar refractivity (Wildman–Crippen MR) is 107 cm³/mol. The van der Waals surface area contributed by atoms with Crippen LogP contribution in [-0.4, -0.2) is 42.5 Å². The van der Waals surface area contributed by atoms with Crippen molar-refractivity contribution < 1.29 is 14.3 Å². The van der Waals surface area contributed by atoms with E-state index in [0.717, 1.165) is 11.1 Å². The topological polar surface area (TPSA) is 58.6 Å². The minimum Gasteiger partial charge on any atom is -0.484 e. The minimum absolute atomic E-state index is 0.0939. The first-order valence-corrected chi connectivity index (χ1v) is 9.32. The third kappa shape index (κ3) is 6.13. The van der Waals surface area contributed by atoms with Gasteiger partial charge < -0.3 is 15.0 Å². The Morgan fingerprint density at radius 3 is 2.41 bits per heavy atom. The van der Waals surface area contributed by atoms with E-state index in [4.69, 9.17) is 4.74 Å². The molecular weight excluding hydrogens is 340 g/mol. The zero-order valence-electron chi connectivity index (χ0n) is 16.3. The number of nitrogens with zero attached hydrogens (tertiary/aromatic N) is 1. The Bertz CT molecular complexity index is 746. The molecular formula is C22H28N2O3. The first-order valence-electron chi connectivity index (χ1n) is 9.32. The Balaban J connectivity index is 2.06. The van der Waals surface area contributed by atoms with Crippen LogP contribution in [0.1, 0.15) is 25.0 Å². The number of nitrogens with one attached hydrogen (secondary N) is 1. The van der Waals surface area contributed by atoms with Gasteiger partial charge in [0, 0.05) is 13.1 Å². The maximum Gasteiger partial charge on any atom is 0.261 e. The van der Waals surface area contributed by atoms with Crippen LogP contribution in [0, 0.1) is 6.92 Å². The second kappa shape index (κ2) is 10.4. The lowest BCUT2D eigenvalue weighted by Gasteiger charge is -2.28. The number of amides is 2. The van der Waals surface area contributed by atoms with Crippen molar-refractivity contribution in [2.75, 3.05) is 19.7 Å². The second-order valence-corrected chi connectivity index (χ2v) is 6.45. The zero-order valence-corrected chi connectivity index (χ0v) is 16.3. The Morgan fingerprint density at radius 2 is 1.74 bits per heavy atom. The molecule has 0 unspecified atom stereocenters. The summed E-state index contributed by atoms with van der Waals surface area (Å²) in [6.07, 6.45) is 0.681. The summed E-state index contributed by atoms with van der Waals surface area (Å²) in [7, 11) is 0. The van der Waals surface area contributed by atoms with Gasteiger partial charge in [0.2, 0.25) is 5.91 Å². The fourth-order valence-electron chi connectivity index (χ4n) is 2.83. The van der Waals surface area contributed by atoms with Crippen molar-refractivity contribution in [2.24, 2.45) is 0 Å². The maximum atomic E-state index is 12.8. The smallest absolute Gasteiger partial charge is 0.261 e. The molecule has 5 heteroatoms. The molecule has 2 rings (SSSR count). The number of hydrogen-bond acceptors (Lipinski definition) is 3. The van der Waals surface area contributed by atoms with Gasteiger partial charge in [-0.05, 0) is 44.4 Å². The standard InChI is InChI=1S/C22H28N2O3/c1-4-23-22(26)18(3)24(15-14-19-11-6-5-7-12-19)21(25)16-27-20-13-9-8-10-17(20)2/h5-13,18H,4,14-16H2,1-3H3,(H,23,26)/t18-/m1/s1. The van der Waals surface area contributed by atoms with E-state index in [1.54, 1.807) is 11.8 Å². The van der Waals surface area contributed by atoms with Crippen molar-refractivity contribution in [1.82, 2.24) is 10.2 Å². The summed E-state index contributed by atoms with van der Waals surface area (Å²) in [4.78, 5) is 26.7. The Kier molecular flexibility index (Phi) is 7.86. The van der Waals surface area contributed by atoms with E-state index in [1.807, 2.05) is 68.4 Å². The molecule has 1 N–H and O–H groups in total. The molecule has 0 aliphatic carbocycles. The monoisotopic (exact) mass is 368 g/mol. The summed E-state index contributed by atoms with van der Waals surface area (Å²) < 4.78 is 5.70. The third-order valence-electron chi connectivity index (χ3n) is 4.45. The molecule has 1 atom stereocenters. The van der Waals surface area contributed by atoms with Gasteiger partial charge in [-0.15, -0.1) is 0 Å². The molecule has 2 amide bonds. The molecule has 5 nitrogen and oxygen atoms in total. The predicted octanol–water partition coefficient (Wildman–Crippen LogP) is 2.97. The average Bonchev–Trinajstić information content (AvgIpc) is 2.68. The maximum absolute atomic E-state index is 12.8. The number of para-hydroxylation sites is 1.